The van der Waals surface area contributed by atoms with Crippen LogP contribution in [0.3, 0.4) is 0 Å². The van der Waals surface area contributed by atoms with Crippen LogP contribution in [0.5, 0.6) is 0 Å². The van der Waals surface area contributed by atoms with Gasteiger partial charge in [-0.25, -0.2) is 0 Å². The van der Waals surface area contributed by atoms with E-state index in [1.807, 2.05) is 6.07 Å². The van der Waals surface area contributed by atoms with Crippen LogP contribution in [0.25, 0.3) is 0 Å². The van der Waals surface area contributed by atoms with Crippen LogP contribution in [-0.2, 0) is 9.59 Å². The summed E-state index contributed by atoms with van der Waals surface area (Å²) >= 11 is 0. The maximum Gasteiger partial charge on any atom is 0.230 e. The lowest BCUT2D eigenvalue weighted by molar-refractivity contribution is -0.137. The van der Waals surface area contributed by atoms with Gasteiger partial charge in [-0.1, -0.05) is 13.3 Å². The Bertz CT molecular complexity index is 1300. The quantitative estimate of drug-likeness (QED) is 0.247. The summed E-state index contributed by atoms with van der Waals surface area (Å²) in [6.45, 7) is 3.11. The van der Waals surface area contributed by atoms with Gasteiger partial charge >= 0.3 is 0 Å². The number of hydrogen-bond acceptors (Lipinski definition) is 6. The van der Waals surface area contributed by atoms with Gasteiger partial charge < -0.3 is 5.32 Å². The number of piperidine rings is 1. The molecule has 3 fully saturated rings. The van der Waals surface area contributed by atoms with E-state index < -0.39 is 17.7 Å². The summed E-state index contributed by atoms with van der Waals surface area (Å²) in [6, 6.07) is 5.79. The predicted octanol–water partition coefficient (Wildman–Crippen LogP) is 5.46. The number of carbonyl (C=O) groups is 4. The molecule has 2 N–H and O–H groups in total. The molecule has 2 unspecified atom stereocenters. The largest absolute Gasteiger partial charge is 0.385 e. The summed E-state index contributed by atoms with van der Waals surface area (Å²) in [5.74, 6) is -0.968. The van der Waals surface area contributed by atoms with E-state index in [0.717, 1.165) is 31.0 Å². The number of nitrogens with zero attached hydrogens (tertiary/aromatic N) is 2. The van der Waals surface area contributed by atoms with Crippen LogP contribution in [0.4, 0.5) is 5.69 Å². The van der Waals surface area contributed by atoms with E-state index in [2.05, 4.69) is 34.6 Å². The highest BCUT2D eigenvalue weighted by Crippen LogP contribution is 2.42. The number of amides is 2. The smallest absolute Gasteiger partial charge is 0.230 e. The van der Waals surface area contributed by atoms with E-state index in [0.29, 0.717) is 29.0 Å². The van der Waals surface area contributed by atoms with Gasteiger partial charge in [0.15, 0.2) is 11.6 Å². The maximum atomic E-state index is 13.1. The molecule has 2 amide bonds. The van der Waals surface area contributed by atoms with Crippen LogP contribution in [0.15, 0.2) is 30.6 Å². The molecule has 4 aliphatic rings. The summed E-state index contributed by atoms with van der Waals surface area (Å²) in [5, 5.41) is 10.4. The highest BCUT2D eigenvalue weighted by molar-refractivity contribution is 6.28. The molecular formula is C32H40N4O4. The number of imide groups is 1. The minimum absolute atomic E-state index is 0.154. The normalized spacial score (nSPS) is 30.1. The third kappa shape index (κ3) is 5.25. The van der Waals surface area contributed by atoms with Gasteiger partial charge in [-0.05, 0) is 99.3 Å². The number of carbonyl (C=O) groups excluding carboxylic acids is 4. The zero-order chi connectivity index (χ0) is 27.8. The van der Waals surface area contributed by atoms with E-state index in [-0.39, 0.29) is 30.3 Å². The Morgan fingerprint density at radius 2 is 1.75 bits per heavy atom. The minimum atomic E-state index is -1.02. The zero-order valence-electron chi connectivity index (χ0n) is 23.4. The number of nitrogens with one attached hydrogen (secondary N) is 2. The van der Waals surface area contributed by atoms with Crippen LogP contribution in [0.2, 0.25) is 0 Å². The van der Waals surface area contributed by atoms with Crippen molar-refractivity contribution in [2.24, 2.45) is 23.7 Å². The number of anilines is 1. The van der Waals surface area contributed by atoms with Gasteiger partial charge in [0.05, 0.1) is 24.1 Å². The first-order valence-corrected chi connectivity index (χ1v) is 15.2. The first kappa shape index (κ1) is 26.9. The zero-order valence-corrected chi connectivity index (χ0v) is 23.4. The lowest BCUT2D eigenvalue weighted by atomic mass is 9.77. The molecule has 2 atom stereocenters. The molecule has 1 aromatic carbocycles. The Balaban J connectivity index is 0.944. The molecule has 2 saturated carbocycles. The Kier molecular flexibility index (Phi) is 7.60. The molecule has 8 heteroatoms. The Labute approximate surface area is 235 Å². The molecule has 1 aliphatic heterocycles. The molecule has 40 heavy (non-hydrogen) atoms. The van der Waals surface area contributed by atoms with Crippen molar-refractivity contribution in [3.63, 3.8) is 0 Å². The van der Waals surface area contributed by atoms with Gasteiger partial charge in [-0.2, -0.15) is 5.10 Å². The monoisotopic (exact) mass is 544 g/mol. The molecule has 6 rings (SSSR count). The number of aromatic nitrogens is 2. The van der Waals surface area contributed by atoms with E-state index in [1.165, 1.54) is 50.5 Å². The average molecular weight is 545 g/mol. The number of benzene rings is 1. The van der Waals surface area contributed by atoms with Crippen molar-refractivity contribution in [2.75, 3.05) is 11.9 Å². The van der Waals surface area contributed by atoms with E-state index in [1.54, 1.807) is 12.1 Å². The van der Waals surface area contributed by atoms with Gasteiger partial charge in [0.25, 0.3) is 0 Å². The van der Waals surface area contributed by atoms with Crippen molar-refractivity contribution in [1.82, 2.24) is 15.1 Å². The number of ketones is 2. The second kappa shape index (κ2) is 11.3. The molecule has 2 heterocycles. The van der Waals surface area contributed by atoms with Crippen LogP contribution in [0.1, 0.15) is 116 Å². The number of Topliss-reactive ketones (excluding diaryl/α,β-unsaturated/α-hetero) is 2. The summed E-state index contributed by atoms with van der Waals surface area (Å²) in [7, 11) is 0. The van der Waals surface area contributed by atoms with Crippen molar-refractivity contribution in [3.8, 4) is 0 Å². The molecular weight excluding hydrogens is 504 g/mol. The SMILES string of the molecule is CCC1CCC(c2cnn(C3CC(CCCNc4ccc5c(c4)C(=O)C(C4CCC(=O)NC4=O)C5=O)C3)c2)CC1. The summed E-state index contributed by atoms with van der Waals surface area (Å²) in [4.78, 5) is 49.8. The number of hydrogen-bond donors (Lipinski definition) is 2. The highest BCUT2D eigenvalue weighted by atomic mass is 16.2. The molecule has 0 bridgehead atoms. The standard InChI is InChI=1S/C32H40N4O4/c1-2-19-5-7-21(8-6-19)22-17-34-36(18-22)24-14-20(15-24)4-3-13-33-23-9-10-25-27(16-23)31(39)29(30(25)38)26-11-12-28(37)35-32(26)40/h9-10,16-21,24,26,29,33H,2-8,11-15H2,1H3,(H,35,37,40). The van der Waals surface area contributed by atoms with Crippen LogP contribution in [0, 0.1) is 23.7 Å². The molecule has 1 aromatic heterocycles. The van der Waals surface area contributed by atoms with E-state index >= 15 is 0 Å². The topological polar surface area (TPSA) is 110 Å². The Morgan fingerprint density at radius 1 is 0.975 bits per heavy atom. The molecule has 0 spiro atoms. The van der Waals surface area contributed by atoms with Crippen molar-refractivity contribution < 1.29 is 19.2 Å². The third-order valence-corrected chi connectivity index (χ3v) is 10.0. The minimum Gasteiger partial charge on any atom is -0.385 e. The van der Waals surface area contributed by atoms with Gasteiger partial charge in [0.2, 0.25) is 11.8 Å². The fourth-order valence-corrected chi connectivity index (χ4v) is 7.36. The molecule has 2 aromatic rings. The van der Waals surface area contributed by atoms with Crippen LogP contribution < -0.4 is 10.6 Å². The highest BCUT2D eigenvalue weighted by Gasteiger charge is 2.47. The first-order chi connectivity index (χ1) is 19.4. The first-order valence-electron chi connectivity index (χ1n) is 15.2. The Hall–Kier alpha value is -3.29. The molecule has 0 radical (unpaired) electrons. The lowest BCUT2D eigenvalue weighted by Gasteiger charge is -2.35. The fourth-order valence-electron chi connectivity index (χ4n) is 7.36. The van der Waals surface area contributed by atoms with Crippen molar-refractivity contribution in [3.05, 3.63) is 47.3 Å². The van der Waals surface area contributed by atoms with Gasteiger partial charge in [0.1, 0.15) is 0 Å². The second-order valence-corrected chi connectivity index (χ2v) is 12.5. The average Bonchev–Trinajstić information content (AvgIpc) is 3.51. The molecule has 212 valence electrons. The summed E-state index contributed by atoms with van der Waals surface area (Å²) in [6.07, 6.45) is 16.0. The van der Waals surface area contributed by atoms with E-state index in [9.17, 15) is 19.2 Å². The van der Waals surface area contributed by atoms with Crippen molar-refractivity contribution in [2.45, 2.75) is 89.5 Å². The maximum absolute atomic E-state index is 13.1. The summed E-state index contributed by atoms with van der Waals surface area (Å²) in [5.41, 5.74) is 3.00. The predicted molar refractivity (Wildman–Crippen MR) is 151 cm³/mol. The molecule has 3 aliphatic carbocycles. The lowest BCUT2D eigenvalue weighted by Crippen LogP contribution is -2.46. The number of fused-ring (bicyclic) bond motifs is 1. The van der Waals surface area contributed by atoms with Gasteiger partial charge in [-0.3, -0.25) is 29.2 Å². The van der Waals surface area contributed by atoms with E-state index in [4.69, 9.17) is 5.10 Å². The van der Waals surface area contributed by atoms with Crippen molar-refractivity contribution >= 4 is 29.1 Å². The van der Waals surface area contributed by atoms with Crippen LogP contribution >= 0.6 is 0 Å². The third-order valence-electron chi connectivity index (χ3n) is 10.0. The Morgan fingerprint density at radius 3 is 2.50 bits per heavy atom. The molecule has 1 saturated heterocycles. The van der Waals surface area contributed by atoms with Crippen LogP contribution in [-0.4, -0.2) is 39.7 Å². The van der Waals surface area contributed by atoms with Gasteiger partial charge in [-0.15, -0.1) is 0 Å². The molecule has 8 nitrogen and oxygen atoms in total. The second-order valence-electron chi connectivity index (χ2n) is 12.5. The van der Waals surface area contributed by atoms with Gasteiger partial charge in [0, 0.05) is 36.0 Å². The fraction of sp³-hybridized carbons (Fsp3) is 0.594. The van der Waals surface area contributed by atoms with Crippen molar-refractivity contribution in [1.29, 1.82) is 0 Å². The summed E-state index contributed by atoms with van der Waals surface area (Å²) < 4.78 is 2.21. The number of rotatable bonds is 9.